The van der Waals surface area contributed by atoms with Crippen LogP contribution in [0.5, 0.6) is 0 Å². The molecular weight excluding hydrogens is 375 g/mol. The maximum absolute atomic E-state index is 14.1. The zero-order chi connectivity index (χ0) is 20.5. The van der Waals surface area contributed by atoms with Crippen LogP contribution in [0, 0.1) is 12.7 Å². The molecule has 0 aliphatic carbocycles. The Morgan fingerprint density at radius 2 is 1.82 bits per heavy atom. The zero-order valence-corrected chi connectivity index (χ0v) is 17.4. The van der Waals surface area contributed by atoms with E-state index in [1.807, 2.05) is 38.1 Å². The summed E-state index contributed by atoms with van der Waals surface area (Å²) in [6, 6.07) is 13.8. The minimum Gasteiger partial charge on any atom is -0.355 e. The smallest absolute Gasteiger partial charge is 0.242 e. The third-order valence-corrected chi connectivity index (χ3v) is 5.44. The molecule has 28 heavy (non-hydrogen) atoms. The van der Waals surface area contributed by atoms with E-state index in [1.165, 1.54) is 16.5 Å². The van der Waals surface area contributed by atoms with Crippen molar-refractivity contribution in [2.75, 3.05) is 12.3 Å². The molecule has 0 fully saturated rings. The number of amides is 2. The number of carbonyl (C=O) groups excluding carboxylic acids is 2. The average Bonchev–Trinajstić information content (AvgIpc) is 2.68. The van der Waals surface area contributed by atoms with Crippen LogP contribution in [0.2, 0.25) is 0 Å². The normalized spacial score (nSPS) is 11.7. The lowest BCUT2D eigenvalue weighted by atomic mass is 10.1. The van der Waals surface area contributed by atoms with Crippen LogP contribution in [0.4, 0.5) is 4.39 Å². The minimum atomic E-state index is -0.670. The Balaban J connectivity index is 2.06. The molecule has 1 atom stereocenters. The number of nitrogens with zero attached hydrogens (tertiary/aromatic N) is 1. The van der Waals surface area contributed by atoms with Crippen LogP contribution in [0.1, 0.15) is 31.4 Å². The van der Waals surface area contributed by atoms with Crippen LogP contribution in [0.3, 0.4) is 0 Å². The van der Waals surface area contributed by atoms with Gasteiger partial charge >= 0.3 is 0 Å². The summed E-state index contributed by atoms with van der Waals surface area (Å²) in [5.74, 6) is -0.185. The number of benzene rings is 2. The fourth-order valence-corrected chi connectivity index (χ4v) is 3.59. The molecule has 150 valence electrons. The first-order valence-corrected chi connectivity index (χ1v) is 10.4. The SMILES string of the molecule is CCNC(=O)C(C)N(Cc1ccccc1F)C(=O)CCSc1ccc(C)cc1. The molecule has 2 aromatic carbocycles. The lowest BCUT2D eigenvalue weighted by Gasteiger charge is -2.29. The Bertz CT molecular complexity index is 795. The van der Waals surface area contributed by atoms with E-state index in [4.69, 9.17) is 0 Å². The van der Waals surface area contributed by atoms with Crippen LogP contribution >= 0.6 is 11.8 Å². The van der Waals surface area contributed by atoms with Gasteiger partial charge in [-0.15, -0.1) is 11.8 Å². The number of nitrogens with one attached hydrogen (secondary N) is 1. The first-order valence-electron chi connectivity index (χ1n) is 9.42. The molecule has 4 nitrogen and oxygen atoms in total. The summed E-state index contributed by atoms with van der Waals surface area (Å²) in [5.41, 5.74) is 1.59. The Hall–Kier alpha value is -2.34. The summed E-state index contributed by atoms with van der Waals surface area (Å²) in [4.78, 5) is 27.7. The molecule has 0 radical (unpaired) electrons. The van der Waals surface area contributed by atoms with Crippen molar-refractivity contribution >= 4 is 23.6 Å². The van der Waals surface area contributed by atoms with Crippen LogP contribution < -0.4 is 5.32 Å². The molecule has 0 aromatic heterocycles. The Morgan fingerprint density at radius 3 is 2.46 bits per heavy atom. The Labute approximate surface area is 170 Å². The highest BCUT2D eigenvalue weighted by molar-refractivity contribution is 7.99. The molecule has 0 aliphatic heterocycles. The predicted octanol–water partition coefficient (Wildman–Crippen LogP) is 4.17. The molecule has 0 spiro atoms. The third kappa shape index (κ3) is 6.37. The van der Waals surface area contributed by atoms with Gasteiger partial charge in [-0.2, -0.15) is 0 Å². The van der Waals surface area contributed by atoms with Crippen molar-refractivity contribution in [2.24, 2.45) is 0 Å². The fraction of sp³-hybridized carbons (Fsp3) is 0.364. The van der Waals surface area contributed by atoms with Crippen molar-refractivity contribution < 1.29 is 14.0 Å². The third-order valence-electron chi connectivity index (χ3n) is 4.42. The van der Waals surface area contributed by atoms with Gasteiger partial charge in [0.05, 0.1) is 0 Å². The maximum atomic E-state index is 14.1. The number of halogens is 1. The van der Waals surface area contributed by atoms with E-state index >= 15 is 0 Å². The van der Waals surface area contributed by atoms with Crippen LogP contribution in [0.15, 0.2) is 53.4 Å². The van der Waals surface area contributed by atoms with Crippen molar-refractivity contribution in [2.45, 2.75) is 44.7 Å². The van der Waals surface area contributed by atoms with Crippen molar-refractivity contribution in [3.63, 3.8) is 0 Å². The van der Waals surface area contributed by atoms with E-state index in [0.29, 0.717) is 17.9 Å². The van der Waals surface area contributed by atoms with Crippen LogP contribution in [-0.2, 0) is 16.1 Å². The number of rotatable bonds is 9. The van der Waals surface area contributed by atoms with Crippen molar-refractivity contribution in [3.05, 3.63) is 65.5 Å². The van der Waals surface area contributed by atoms with E-state index in [9.17, 15) is 14.0 Å². The number of aryl methyl sites for hydroxylation is 1. The van der Waals surface area contributed by atoms with Crippen LogP contribution in [-0.4, -0.2) is 35.1 Å². The summed E-state index contributed by atoms with van der Waals surface area (Å²) >= 11 is 1.59. The number of carbonyl (C=O) groups is 2. The van der Waals surface area contributed by atoms with E-state index in [2.05, 4.69) is 5.32 Å². The van der Waals surface area contributed by atoms with Gasteiger partial charge in [0.15, 0.2) is 0 Å². The number of hydrogen-bond donors (Lipinski definition) is 1. The standard InChI is InChI=1S/C22H27FN2O2S/c1-4-24-22(27)17(3)25(15-18-7-5-6-8-20(18)23)21(26)13-14-28-19-11-9-16(2)10-12-19/h5-12,17H,4,13-15H2,1-3H3,(H,24,27). The summed E-state index contributed by atoms with van der Waals surface area (Å²) < 4.78 is 14.1. The van der Waals surface area contributed by atoms with E-state index in [1.54, 1.807) is 36.9 Å². The van der Waals surface area contributed by atoms with E-state index < -0.39 is 6.04 Å². The van der Waals surface area contributed by atoms with Gasteiger partial charge < -0.3 is 10.2 Å². The molecule has 0 heterocycles. The first-order chi connectivity index (χ1) is 13.4. The lowest BCUT2D eigenvalue weighted by molar-refractivity contribution is -0.140. The second-order valence-electron chi connectivity index (χ2n) is 6.60. The van der Waals surface area contributed by atoms with Gasteiger partial charge in [0.25, 0.3) is 0 Å². The molecule has 2 rings (SSSR count). The number of likely N-dealkylation sites (N-methyl/N-ethyl adjacent to an activating group) is 1. The summed E-state index contributed by atoms with van der Waals surface area (Å²) in [6.07, 6.45) is 0.275. The summed E-state index contributed by atoms with van der Waals surface area (Å²) in [5, 5.41) is 2.74. The highest BCUT2D eigenvalue weighted by atomic mass is 32.2. The number of thioether (sulfide) groups is 1. The van der Waals surface area contributed by atoms with Gasteiger partial charge in [-0.3, -0.25) is 9.59 Å². The minimum absolute atomic E-state index is 0.0685. The molecule has 0 saturated heterocycles. The quantitative estimate of drug-likeness (QED) is 0.641. The highest BCUT2D eigenvalue weighted by Gasteiger charge is 2.26. The van der Waals surface area contributed by atoms with Crippen molar-refractivity contribution in [1.29, 1.82) is 0 Å². The molecule has 0 saturated carbocycles. The molecule has 6 heteroatoms. The monoisotopic (exact) mass is 402 g/mol. The lowest BCUT2D eigenvalue weighted by Crippen LogP contribution is -2.47. The second-order valence-corrected chi connectivity index (χ2v) is 7.76. The molecule has 2 amide bonds. The van der Waals surface area contributed by atoms with Gasteiger partial charge in [-0.25, -0.2) is 4.39 Å². The van der Waals surface area contributed by atoms with Crippen molar-refractivity contribution in [3.8, 4) is 0 Å². The van der Waals surface area contributed by atoms with Crippen molar-refractivity contribution in [1.82, 2.24) is 10.2 Å². The molecule has 0 bridgehead atoms. The largest absolute Gasteiger partial charge is 0.355 e. The maximum Gasteiger partial charge on any atom is 0.242 e. The topological polar surface area (TPSA) is 49.4 Å². The molecule has 1 unspecified atom stereocenters. The molecular formula is C22H27FN2O2S. The molecule has 0 aliphatic rings. The Kier molecular flexibility index (Phi) is 8.51. The Morgan fingerprint density at radius 1 is 1.14 bits per heavy atom. The zero-order valence-electron chi connectivity index (χ0n) is 16.6. The van der Waals surface area contributed by atoms with Gasteiger partial charge in [0.2, 0.25) is 11.8 Å². The fourth-order valence-electron chi connectivity index (χ4n) is 2.75. The van der Waals surface area contributed by atoms with Gasteiger partial charge in [-0.05, 0) is 39.0 Å². The second kappa shape index (κ2) is 10.9. The average molecular weight is 403 g/mol. The summed E-state index contributed by atoms with van der Waals surface area (Å²) in [7, 11) is 0. The number of hydrogen-bond acceptors (Lipinski definition) is 3. The predicted molar refractivity (Wildman–Crippen MR) is 112 cm³/mol. The van der Waals surface area contributed by atoms with Gasteiger partial charge in [-0.1, -0.05) is 35.9 Å². The molecule has 1 N–H and O–H groups in total. The first kappa shape index (κ1) is 22.0. The van der Waals surface area contributed by atoms with E-state index in [0.717, 1.165) is 4.90 Å². The molecule has 2 aromatic rings. The van der Waals surface area contributed by atoms with Crippen LogP contribution in [0.25, 0.3) is 0 Å². The van der Waals surface area contributed by atoms with Gasteiger partial charge in [0.1, 0.15) is 11.9 Å². The van der Waals surface area contributed by atoms with E-state index in [-0.39, 0.29) is 30.6 Å². The highest BCUT2D eigenvalue weighted by Crippen LogP contribution is 2.20. The summed E-state index contributed by atoms with van der Waals surface area (Å²) in [6.45, 7) is 6.08. The van der Waals surface area contributed by atoms with Gasteiger partial charge in [0, 0.05) is 35.7 Å².